The number of halogens is 4. The molecule has 0 heterocycles. The van der Waals surface area contributed by atoms with Crippen LogP contribution in [-0.2, 0) is 6.42 Å². The molecule has 28 heavy (non-hydrogen) atoms. The largest absolute Gasteiger partial charge is 0.203 e. The molecule has 0 unspecified atom stereocenters. The summed E-state index contributed by atoms with van der Waals surface area (Å²) in [6.07, 6.45) is 8.30. The van der Waals surface area contributed by atoms with E-state index in [-0.39, 0.29) is 29.0 Å². The Morgan fingerprint density at radius 2 is 1.39 bits per heavy atom. The molecule has 0 amide bonds. The van der Waals surface area contributed by atoms with Crippen LogP contribution in [0.3, 0.4) is 0 Å². The van der Waals surface area contributed by atoms with Gasteiger partial charge >= 0.3 is 0 Å². The van der Waals surface area contributed by atoms with Crippen molar-refractivity contribution >= 4 is 0 Å². The number of allylic oxidation sites excluding steroid dienone is 2. The molecule has 1 aliphatic rings. The second-order valence-electron chi connectivity index (χ2n) is 7.77. The standard InChI is InChI=1S/C24H26F4/c1-3-4-5-6-17-11-12-19(23(27)21(17)25)20-14-13-18(22(26)24(20)28)16-9-7-15(2)8-10-16/h4-5,11-16H,3,6-10H2,1-2H3/b5-4-. The Hall–Kier alpha value is -2.10. The van der Waals surface area contributed by atoms with Gasteiger partial charge in [0.25, 0.3) is 0 Å². The van der Waals surface area contributed by atoms with Crippen LogP contribution in [0.1, 0.15) is 63.0 Å². The minimum atomic E-state index is -1.14. The van der Waals surface area contributed by atoms with Crippen LogP contribution in [0.15, 0.2) is 36.4 Å². The Morgan fingerprint density at radius 3 is 2.04 bits per heavy atom. The van der Waals surface area contributed by atoms with Gasteiger partial charge in [0.05, 0.1) is 0 Å². The number of benzene rings is 2. The topological polar surface area (TPSA) is 0 Å². The van der Waals surface area contributed by atoms with Crippen molar-refractivity contribution in [2.45, 2.75) is 58.3 Å². The van der Waals surface area contributed by atoms with Gasteiger partial charge in [-0.05, 0) is 48.6 Å². The molecule has 0 radical (unpaired) electrons. The van der Waals surface area contributed by atoms with E-state index in [1.807, 2.05) is 13.0 Å². The zero-order valence-electron chi connectivity index (χ0n) is 16.4. The third-order valence-electron chi connectivity index (χ3n) is 5.76. The Labute approximate surface area is 164 Å². The van der Waals surface area contributed by atoms with Crippen LogP contribution >= 0.6 is 0 Å². The highest BCUT2D eigenvalue weighted by Gasteiger charge is 2.26. The molecule has 0 spiro atoms. The van der Waals surface area contributed by atoms with Gasteiger partial charge < -0.3 is 0 Å². The lowest BCUT2D eigenvalue weighted by Gasteiger charge is -2.27. The molecule has 1 fully saturated rings. The van der Waals surface area contributed by atoms with Gasteiger partial charge in [-0.2, -0.15) is 0 Å². The quantitative estimate of drug-likeness (QED) is 0.362. The minimum absolute atomic E-state index is 0.0194. The summed E-state index contributed by atoms with van der Waals surface area (Å²) in [6.45, 7) is 4.11. The van der Waals surface area contributed by atoms with Crippen molar-refractivity contribution in [2.75, 3.05) is 0 Å². The Balaban J connectivity index is 1.93. The van der Waals surface area contributed by atoms with Crippen molar-refractivity contribution in [3.8, 4) is 11.1 Å². The maximum atomic E-state index is 14.8. The van der Waals surface area contributed by atoms with Gasteiger partial charge in [-0.3, -0.25) is 0 Å². The molecule has 2 aromatic rings. The fourth-order valence-electron chi connectivity index (χ4n) is 3.99. The van der Waals surface area contributed by atoms with Crippen LogP contribution in [0, 0.1) is 29.2 Å². The summed E-state index contributed by atoms with van der Waals surface area (Å²) in [5, 5.41) is 0. The molecular formula is C24H26F4. The monoisotopic (exact) mass is 390 g/mol. The van der Waals surface area contributed by atoms with Crippen molar-refractivity contribution < 1.29 is 17.6 Å². The van der Waals surface area contributed by atoms with Crippen LogP contribution in [0.25, 0.3) is 11.1 Å². The van der Waals surface area contributed by atoms with Crippen molar-refractivity contribution in [2.24, 2.45) is 5.92 Å². The van der Waals surface area contributed by atoms with Gasteiger partial charge in [0.15, 0.2) is 23.3 Å². The normalized spacial score (nSPS) is 20.1. The summed E-state index contributed by atoms with van der Waals surface area (Å²) >= 11 is 0. The molecule has 2 aromatic carbocycles. The predicted octanol–water partition coefficient (Wildman–Crippen LogP) is 7.71. The molecule has 0 N–H and O–H groups in total. The number of hydrogen-bond donors (Lipinski definition) is 0. The maximum Gasteiger partial charge on any atom is 0.167 e. The second kappa shape index (κ2) is 8.93. The zero-order valence-corrected chi connectivity index (χ0v) is 16.4. The van der Waals surface area contributed by atoms with E-state index in [0.717, 1.165) is 32.1 Å². The van der Waals surface area contributed by atoms with Crippen LogP contribution in [0.2, 0.25) is 0 Å². The third-order valence-corrected chi connectivity index (χ3v) is 5.76. The van der Waals surface area contributed by atoms with Gasteiger partial charge in [-0.15, -0.1) is 0 Å². The molecule has 0 bridgehead atoms. The molecule has 4 heteroatoms. The summed E-state index contributed by atoms with van der Waals surface area (Å²) in [7, 11) is 0. The van der Waals surface area contributed by atoms with E-state index in [1.54, 1.807) is 6.08 Å². The van der Waals surface area contributed by atoms with E-state index in [1.165, 1.54) is 24.3 Å². The first-order valence-electron chi connectivity index (χ1n) is 10.0. The van der Waals surface area contributed by atoms with Gasteiger partial charge in [0, 0.05) is 11.1 Å². The van der Waals surface area contributed by atoms with Crippen molar-refractivity contribution in [3.05, 3.63) is 70.8 Å². The zero-order chi connectivity index (χ0) is 20.3. The lowest BCUT2D eigenvalue weighted by molar-refractivity contribution is 0.339. The van der Waals surface area contributed by atoms with E-state index in [4.69, 9.17) is 0 Å². The fraction of sp³-hybridized carbons (Fsp3) is 0.417. The molecule has 1 saturated carbocycles. The summed E-state index contributed by atoms with van der Waals surface area (Å²) in [4.78, 5) is 0. The smallest absolute Gasteiger partial charge is 0.167 e. The van der Waals surface area contributed by atoms with Gasteiger partial charge in [0.2, 0.25) is 0 Å². The third kappa shape index (κ3) is 4.16. The molecule has 0 nitrogen and oxygen atoms in total. The molecule has 0 atom stereocenters. The minimum Gasteiger partial charge on any atom is -0.203 e. The summed E-state index contributed by atoms with van der Waals surface area (Å²) < 4.78 is 58.5. The van der Waals surface area contributed by atoms with E-state index in [9.17, 15) is 17.6 Å². The lowest BCUT2D eigenvalue weighted by atomic mass is 9.79. The van der Waals surface area contributed by atoms with Gasteiger partial charge in [-0.1, -0.05) is 63.1 Å². The van der Waals surface area contributed by atoms with Crippen LogP contribution in [0.5, 0.6) is 0 Å². The highest BCUT2D eigenvalue weighted by atomic mass is 19.2. The molecule has 0 aliphatic heterocycles. The number of rotatable bonds is 5. The van der Waals surface area contributed by atoms with Crippen molar-refractivity contribution in [3.63, 3.8) is 0 Å². The van der Waals surface area contributed by atoms with Gasteiger partial charge in [0.1, 0.15) is 0 Å². The molecule has 1 aliphatic carbocycles. The highest BCUT2D eigenvalue weighted by Crippen LogP contribution is 2.39. The average Bonchev–Trinajstić information content (AvgIpc) is 2.69. The Bertz CT molecular complexity index is 861. The summed E-state index contributed by atoms with van der Waals surface area (Å²) in [5.41, 5.74) is 0.0496. The highest BCUT2D eigenvalue weighted by molar-refractivity contribution is 5.66. The predicted molar refractivity (Wildman–Crippen MR) is 105 cm³/mol. The molecule has 0 saturated heterocycles. The van der Waals surface area contributed by atoms with Crippen molar-refractivity contribution in [1.29, 1.82) is 0 Å². The molecule has 3 rings (SSSR count). The SMILES string of the molecule is CC/C=C\Cc1ccc(-c2ccc(C3CCC(C)CC3)c(F)c2F)c(F)c1F. The first kappa shape index (κ1) is 20.6. The van der Waals surface area contributed by atoms with E-state index in [0.29, 0.717) is 11.5 Å². The Morgan fingerprint density at radius 1 is 0.786 bits per heavy atom. The Kier molecular flexibility index (Phi) is 6.58. The van der Waals surface area contributed by atoms with Crippen LogP contribution in [0.4, 0.5) is 17.6 Å². The van der Waals surface area contributed by atoms with Crippen molar-refractivity contribution in [1.82, 2.24) is 0 Å². The van der Waals surface area contributed by atoms with E-state index in [2.05, 4.69) is 6.92 Å². The summed E-state index contributed by atoms with van der Waals surface area (Å²) in [5.74, 6) is -3.61. The lowest BCUT2D eigenvalue weighted by Crippen LogP contribution is -2.13. The average molecular weight is 390 g/mol. The van der Waals surface area contributed by atoms with Gasteiger partial charge in [-0.25, -0.2) is 17.6 Å². The van der Waals surface area contributed by atoms with E-state index >= 15 is 0 Å². The first-order valence-corrected chi connectivity index (χ1v) is 10.0. The van der Waals surface area contributed by atoms with Crippen LogP contribution in [-0.4, -0.2) is 0 Å². The molecular weight excluding hydrogens is 364 g/mol. The first-order chi connectivity index (χ1) is 13.4. The second-order valence-corrected chi connectivity index (χ2v) is 7.77. The summed E-state index contributed by atoms with van der Waals surface area (Å²) in [6, 6.07) is 5.67. The maximum absolute atomic E-state index is 14.8. The molecule has 0 aromatic heterocycles. The fourth-order valence-corrected chi connectivity index (χ4v) is 3.99. The van der Waals surface area contributed by atoms with Crippen LogP contribution < -0.4 is 0 Å². The van der Waals surface area contributed by atoms with E-state index < -0.39 is 23.3 Å². The molecule has 150 valence electrons. The number of hydrogen-bond acceptors (Lipinski definition) is 0.